The number of rotatable bonds is 2. The summed E-state index contributed by atoms with van der Waals surface area (Å²) >= 11 is 0. The van der Waals surface area contributed by atoms with E-state index in [4.69, 9.17) is 0 Å². The number of para-hydroxylation sites is 1. The molecule has 4 rings (SSSR count). The fourth-order valence-electron chi connectivity index (χ4n) is 3.53. The number of halogens is 1. The highest BCUT2D eigenvalue weighted by molar-refractivity contribution is 5.93. The van der Waals surface area contributed by atoms with Gasteiger partial charge in [0.05, 0.1) is 16.9 Å². The lowest BCUT2D eigenvalue weighted by atomic mass is 9.95. The summed E-state index contributed by atoms with van der Waals surface area (Å²) in [6.45, 7) is 0.581. The number of hydrogen-bond donors (Lipinski definition) is 1. The minimum atomic E-state index is -0.325. The number of likely N-dealkylation sites (tertiary alicyclic amines) is 1. The molecule has 1 aliphatic rings. The number of aromatic amines is 1. The molecule has 0 radical (unpaired) electrons. The average Bonchev–Trinajstić information content (AvgIpc) is 2.68. The van der Waals surface area contributed by atoms with Crippen molar-refractivity contribution in [2.75, 3.05) is 6.54 Å². The first-order valence-corrected chi connectivity index (χ1v) is 8.69. The molecule has 0 bridgehead atoms. The molecular formula is C20H18FN3O2. The van der Waals surface area contributed by atoms with Crippen LogP contribution >= 0.6 is 0 Å². The van der Waals surface area contributed by atoms with Gasteiger partial charge in [-0.25, -0.2) is 9.37 Å². The molecule has 2 heterocycles. The Kier molecular flexibility index (Phi) is 4.24. The monoisotopic (exact) mass is 351 g/mol. The van der Waals surface area contributed by atoms with Crippen LogP contribution in [0.2, 0.25) is 0 Å². The van der Waals surface area contributed by atoms with Gasteiger partial charge in [-0.1, -0.05) is 24.3 Å². The molecule has 1 N–H and O–H groups in total. The molecule has 1 aliphatic heterocycles. The first-order valence-electron chi connectivity index (χ1n) is 8.69. The molecule has 1 saturated heterocycles. The minimum absolute atomic E-state index is 0.0442. The maximum Gasteiger partial charge on any atom is 0.290 e. The molecular weight excluding hydrogens is 333 g/mol. The molecule has 1 atom stereocenters. The second-order valence-electron chi connectivity index (χ2n) is 6.49. The van der Waals surface area contributed by atoms with E-state index < -0.39 is 0 Å². The van der Waals surface area contributed by atoms with Crippen LogP contribution in [0.15, 0.2) is 53.3 Å². The number of piperidine rings is 1. The van der Waals surface area contributed by atoms with E-state index >= 15 is 0 Å². The first-order chi connectivity index (χ1) is 12.6. The quantitative estimate of drug-likeness (QED) is 0.769. The normalized spacial score (nSPS) is 17.4. The highest BCUT2D eigenvalue weighted by Crippen LogP contribution is 2.31. The standard InChI is InChI=1S/C20H18FN3O2/c21-14-10-8-13(9-11-14)17-7-3-4-12-24(17)20(26)18-22-16-6-2-1-5-15(16)19(25)23-18/h1-2,5-6,8-11,17H,3-4,7,12H2,(H,22,23,25)/t17-/m1/s1. The number of benzene rings is 2. The van der Waals surface area contributed by atoms with Crippen LogP contribution < -0.4 is 5.56 Å². The van der Waals surface area contributed by atoms with Crippen LogP contribution in [-0.2, 0) is 0 Å². The molecule has 6 heteroatoms. The van der Waals surface area contributed by atoms with E-state index in [9.17, 15) is 14.0 Å². The Hall–Kier alpha value is -3.02. The Balaban J connectivity index is 1.71. The molecule has 0 spiro atoms. The maximum absolute atomic E-state index is 13.2. The average molecular weight is 351 g/mol. The number of nitrogens with one attached hydrogen (secondary N) is 1. The minimum Gasteiger partial charge on any atom is -0.329 e. The molecule has 0 unspecified atom stereocenters. The zero-order chi connectivity index (χ0) is 18.1. The number of fused-ring (bicyclic) bond motifs is 1. The van der Waals surface area contributed by atoms with Crippen molar-refractivity contribution in [1.82, 2.24) is 14.9 Å². The summed E-state index contributed by atoms with van der Waals surface area (Å²) in [6.07, 6.45) is 2.68. The topological polar surface area (TPSA) is 66.1 Å². The zero-order valence-electron chi connectivity index (χ0n) is 14.1. The van der Waals surface area contributed by atoms with Crippen LogP contribution in [0.4, 0.5) is 4.39 Å². The lowest BCUT2D eigenvalue weighted by Crippen LogP contribution is -2.40. The number of aromatic nitrogens is 2. The Morgan fingerprint density at radius 2 is 1.88 bits per heavy atom. The summed E-state index contributed by atoms with van der Waals surface area (Å²) in [4.78, 5) is 34.0. The number of hydrogen-bond acceptors (Lipinski definition) is 3. The van der Waals surface area contributed by atoms with E-state index in [0.717, 1.165) is 24.8 Å². The van der Waals surface area contributed by atoms with Gasteiger partial charge in [-0.3, -0.25) is 9.59 Å². The van der Waals surface area contributed by atoms with Gasteiger partial charge in [0.15, 0.2) is 5.82 Å². The van der Waals surface area contributed by atoms with E-state index in [-0.39, 0.29) is 29.1 Å². The molecule has 3 aromatic rings. The van der Waals surface area contributed by atoms with Crippen molar-refractivity contribution in [1.29, 1.82) is 0 Å². The van der Waals surface area contributed by atoms with E-state index in [1.807, 2.05) is 0 Å². The molecule has 0 saturated carbocycles. The number of nitrogens with zero attached hydrogens (tertiary/aromatic N) is 2. The Morgan fingerprint density at radius 3 is 2.69 bits per heavy atom. The second-order valence-corrected chi connectivity index (χ2v) is 6.49. The molecule has 1 fully saturated rings. The van der Waals surface area contributed by atoms with Crippen molar-refractivity contribution in [2.45, 2.75) is 25.3 Å². The van der Waals surface area contributed by atoms with E-state index in [2.05, 4.69) is 9.97 Å². The van der Waals surface area contributed by atoms with Crippen LogP contribution in [0.3, 0.4) is 0 Å². The summed E-state index contributed by atoms with van der Waals surface area (Å²) in [7, 11) is 0. The van der Waals surface area contributed by atoms with Gasteiger partial charge in [-0.15, -0.1) is 0 Å². The van der Waals surface area contributed by atoms with Crippen molar-refractivity contribution < 1.29 is 9.18 Å². The number of amides is 1. The number of carbonyl (C=O) groups excluding carboxylic acids is 1. The Labute approximate surface area is 149 Å². The molecule has 26 heavy (non-hydrogen) atoms. The van der Waals surface area contributed by atoms with Crippen LogP contribution in [0.1, 0.15) is 41.5 Å². The maximum atomic E-state index is 13.2. The van der Waals surface area contributed by atoms with Gasteiger partial charge in [-0.05, 0) is 49.1 Å². The van der Waals surface area contributed by atoms with Crippen LogP contribution in [0.25, 0.3) is 10.9 Å². The highest BCUT2D eigenvalue weighted by atomic mass is 19.1. The zero-order valence-corrected chi connectivity index (χ0v) is 14.1. The van der Waals surface area contributed by atoms with Crippen LogP contribution in [0, 0.1) is 5.82 Å². The number of carbonyl (C=O) groups is 1. The van der Waals surface area contributed by atoms with E-state index in [1.165, 1.54) is 12.1 Å². The fourth-order valence-corrected chi connectivity index (χ4v) is 3.53. The Morgan fingerprint density at radius 1 is 1.12 bits per heavy atom. The third kappa shape index (κ3) is 2.98. The molecule has 1 aromatic heterocycles. The van der Waals surface area contributed by atoms with Gasteiger partial charge in [-0.2, -0.15) is 0 Å². The number of H-pyrrole nitrogens is 1. The van der Waals surface area contributed by atoms with Crippen molar-refractivity contribution >= 4 is 16.8 Å². The van der Waals surface area contributed by atoms with Gasteiger partial charge in [0, 0.05) is 6.54 Å². The SMILES string of the molecule is O=C(c1nc2ccccc2c(=O)[nH]1)N1CCCC[C@@H]1c1ccc(F)cc1. The van der Waals surface area contributed by atoms with Crippen molar-refractivity contribution in [3.8, 4) is 0 Å². The fraction of sp³-hybridized carbons (Fsp3) is 0.250. The lowest BCUT2D eigenvalue weighted by Gasteiger charge is -2.35. The third-order valence-electron chi connectivity index (χ3n) is 4.83. The van der Waals surface area contributed by atoms with Crippen LogP contribution in [-0.4, -0.2) is 27.3 Å². The summed E-state index contributed by atoms with van der Waals surface area (Å²) in [5.74, 6) is -0.562. The second kappa shape index (κ2) is 6.71. The summed E-state index contributed by atoms with van der Waals surface area (Å²) in [5, 5.41) is 0.456. The molecule has 132 valence electrons. The molecule has 0 aliphatic carbocycles. The predicted molar refractivity (Wildman–Crippen MR) is 96.4 cm³/mol. The highest BCUT2D eigenvalue weighted by Gasteiger charge is 2.30. The van der Waals surface area contributed by atoms with Gasteiger partial charge in [0.2, 0.25) is 0 Å². The van der Waals surface area contributed by atoms with Gasteiger partial charge in [0.25, 0.3) is 11.5 Å². The summed E-state index contributed by atoms with van der Waals surface area (Å²) < 4.78 is 13.2. The lowest BCUT2D eigenvalue weighted by molar-refractivity contribution is 0.0599. The Bertz CT molecular complexity index is 1010. The summed E-state index contributed by atoms with van der Waals surface area (Å²) in [6, 6.07) is 13.0. The van der Waals surface area contributed by atoms with Crippen molar-refractivity contribution in [2.24, 2.45) is 0 Å². The van der Waals surface area contributed by atoms with Gasteiger partial charge >= 0.3 is 0 Å². The smallest absolute Gasteiger partial charge is 0.290 e. The van der Waals surface area contributed by atoms with Gasteiger partial charge < -0.3 is 9.88 Å². The molecule has 1 amide bonds. The van der Waals surface area contributed by atoms with Crippen LogP contribution in [0.5, 0.6) is 0 Å². The molecule has 5 nitrogen and oxygen atoms in total. The van der Waals surface area contributed by atoms with E-state index in [0.29, 0.717) is 17.4 Å². The molecule has 2 aromatic carbocycles. The van der Waals surface area contributed by atoms with E-state index in [1.54, 1.807) is 41.3 Å². The first kappa shape index (κ1) is 16.4. The van der Waals surface area contributed by atoms with Gasteiger partial charge in [0.1, 0.15) is 5.82 Å². The van der Waals surface area contributed by atoms with Crippen molar-refractivity contribution in [3.05, 3.63) is 76.1 Å². The predicted octanol–water partition coefficient (Wildman–Crippen LogP) is 3.43. The summed E-state index contributed by atoms with van der Waals surface area (Å²) in [5.41, 5.74) is 1.06. The third-order valence-corrected chi connectivity index (χ3v) is 4.83. The largest absolute Gasteiger partial charge is 0.329 e. The van der Waals surface area contributed by atoms with Crippen molar-refractivity contribution in [3.63, 3.8) is 0 Å².